The summed E-state index contributed by atoms with van der Waals surface area (Å²) in [5.41, 5.74) is 7.68. The molecule has 1 rings (SSSR count). The Labute approximate surface area is 84.4 Å². The first-order valence-electron chi connectivity index (χ1n) is 4.77. The fourth-order valence-corrected chi connectivity index (χ4v) is 1.44. The van der Waals surface area contributed by atoms with E-state index >= 15 is 0 Å². The number of halogens is 1. The average Bonchev–Trinajstić information content (AvgIpc) is 2.12. The summed E-state index contributed by atoms with van der Waals surface area (Å²) in [6.07, 6.45) is 3.50. The highest BCUT2D eigenvalue weighted by atomic mass is 19.1. The van der Waals surface area contributed by atoms with Crippen molar-refractivity contribution in [3.05, 3.63) is 47.8 Å². The molecule has 0 bridgehead atoms. The van der Waals surface area contributed by atoms with Crippen molar-refractivity contribution in [1.82, 2.24) is 0 Å². The fourth-order valence-electron chi connectivity index (χ4n) is 1.44. The third kappa shape index (κ3) is 2.96. The summed E-state index contributed by atoms with van der Waals surface area (Å²) in [6.45, 7) is 5.50. The molecule has 2 heteroatoms. The van der Waals surface area contributed by atoms with Gasteiger partial charge < -0.3 is 5.73 Å². The highest BCUT2D eigenvalue weighted by molar-refractivity contribution is 5.26. The monoisotopic (exact) mass is 193 g/mol. The Morgan fingerprint density at radius 3 is 2.79 bits per heavy atom. The molecule has 0 saturated carbocycles. The molecule has 1 atom stereocenters. The van der Waals surface area contributed by atoms with Gasteiger partial charge in [-0.2, -0.15) is 0 Å². The maximum atomic E-state index is 13.0. The van der Waals surface area contributed by atoms with Crippen LogP contribution in [0.15, 0.2) is 30.9 Å². The molecule has 0 aliphatic carbocycles. The predicted molar refractivity (Wildman–Crippen MR) is 57.5 cm³/mol. The summed E-state index contributed by atoms with van der Waals surface area (Å²) in [6, 6.07) is 4.84. The quantitative estimate of drug-likeness (QED) is 0.730. The number of aryl methyl sites for hydroxylation is 1. The van der Waals surface area contributed by atoms with Crippen LogP contribution in [0.3, 0.4) is 0 Å². The number of rotatable bonds is 4. The Balaban J connectivity index is 2.78. The van der Waals surface area contributed by atoms with Crippen molar-refractivity contribution >= 4 is 0 Å². The van der Waals surface area contributed by atoms with Crippen molar-refractivity contribution in [1.29, 1.82) is 0 Å². The van der Waals surface area contributed by atoms with E-state index in [0.717, 1.165) is 24.0 Å². The third-order valence-corrected chi connectivity index (χ3v) is 2.17. The van der Waals surface area contributed by atoms with Crippen LogP contribution in [-0.2, 0) is 0 Å². The van der Waals surface area contributed by atoms with E-state index in [4.69, 9.17) is 5.73 Å². The molecule has 76 valence electrons. The van der Waals surface area contributed by atoms with Gasteiger partial charge in [-0.15, -0.1) is 6.58 Å². The van der Waals surface area contributed by atoms with Gasteiger partial charge in [-0.25, -0.2) is 4.39 Å². The SMILES string of the molecule is C=CCCC(N)c1cc(C)cc(F)c1. The molecule has 14 heavy (non-hydrogen) atoms. The zero-order valence-electron chi connectivity index (χ0n) is 8.46. The molecule has 0 spiro atoms. The van der Waals surface area contributed by atoms with E-state index in [-0.39, 0.29) is 11.9 Å². The van der Waals surface area contributed by atoms with Crippen LogP contribution in [0.2, 0.25) is 0 Å². The first-order chi connectivity index (χ1) is 6.63. The highest BCUT2D eigenvalue weighted by Gasteiger charge is 2.06. The summed E-state index contributed by atoms with van der Waals surface area (Å²) in [7, 11) is 0. The van der Waals surface area contributed by atoms with Crippen molar-refractivity contribution in [2.45, 2.75) is 25.8 Å². The standard InChI is InChI=1S/C12H16FN/c1-3-4-5-12(14)10-6-9(2)7-11(13)8-10/h3,6-8,12H,1,4-5,14H2,2H3. The van der Waals surface area contributed by atoms with E-state index in [1.165, 1.54) is 12.1 Å². The minimum absolute atomic E-state index is 0.0950. The Bertz CT molecular complexity index is 300. The van der Waals surface area contributed by atoms with Crippen molar-refractivity contribution in [2.75, 3.05) is 0 Å². The molecule has 1 unspecified atom stereocenters. The molecular formula is C12H16FN. The van der Waals surface area contributed by atoms with Crippen LogP contribution in [0.4, 0.5) is 4.39 Å². The molecule has 0 aromatic heterocycles. The number of hydrogen-bond donors (Lipinski definition) is 1. The van der Waals surface area contributed by atoms with Crippen LogP contribution in [-0.4, -0.2) is 0 Å². The largest absolute Gasteiger partial charge is 0.324 e. The van der Waals surface area contributed by atoms with Crippen molar-refractivity contribution in [3.8, 4) is 0 Å². The summed E-state index contributed by atoms with van der Waals surface area (Å²) < 4.78 is 13.0. The van der Waals surface area contributed by atoms with Crippen molar-refractivity contribution in [3.63, 3.8) is 0 Å². The second kappa shape index (κ2) is 4.91. The van der Waals surface area contributed by atoms with E-state index in [1.807, 2.05) is 19.1 Å². The lowest BCUT2D eigenvalue weighted by atomic mass is 10.0. The van der Waals surface area contributed by atoms with E-state index in [2.05, 4.69) is 6.58 Å². The number of hydrogen-bond acceptors (Lipinski definition) is 1. The van der Waals surface area contributed by atoms with Gasteiger partial charge in [-0.05, 0) is 43.0 Å². The highest BCUT2D eigenvalue weighted by Crippen LogP contribution is 2.18. The smallest absolute Gasteiger partial charge is 0.123 e. The second-order valence-corrected chi connectivity index (χ2v) is 3.53. The molecule has 1 nitrogen and oxygen atoms in total. The molecule has 1 aromatic rings. The molecule has 1 aromatic carbocycles. The number of nitrogens with two attached hydrogens (primary N) is 1. The van der Waals surface area contributed by atoms with Gasteiger partial charge in [0.05, 0.1) is 0 Å². The molecular weight excluding hydrogens is 177 g/mol. The summed E-state index contributed by atoms with van der Waals surface area (Å²) in [4.78, 5) is 0. The van der Waals surface area contributed by atoms with E-state index in [0.29, 0.717) is 0 Å². The van der Waals surface area contributed by atoms with E-state index < -0.39 is 0 Å². The van der Waals surface area contributed by atoms with Gasteiger partial charge in [0.2, 0.25) is 0 Å². The third-order valence-electron chi connectivity index (χ3n) is 2.17. The Morgan fingerprint density at radius 1 is 1.50 bits per heavy atom. The maximum absolute atomic E-state index is 13.0. The van der Waals surface area contributed by atoms with Crippen molar-refractivity contribution < 1.29 is 4.39 Å². The molecule has 0 radical (unpaired) electrons. The molecule has 0 amide bonds. The van der Waals surface area contributed by atoms with Crippen LogP contribution < -0.4 is 5.73 Å². The van der Waals surface area contributed by atoms with Gasteiger partial charge in [0.15, 0.2) is 0 Å². The van der Waals surface area contributed by atoms with Gasteiger partial charge in [0.1, 0.15) is 5.82 Å². The molecule has 0 aliphatic heterocycles. The number of benzene rings is 1. The molecule has 2 N–H and O–H groups in total. The second-order valence-electron chi connectivity index (χ2n) is 3.53. The van der Waals surface area contributed by atoms with Crippen LogP contribution in [0, 0.1) is 12.7 Å². The first-order valence-corrected chi connectivity index (χ1v) is 4.77. The molecule has 0 aliphatic rings. The fraction of sp³-hybridized carbons (Fsp3) is 0.333. The maximum Gasteiger partial charge on any atom is 0.123 e. The first kappa shape index (κ1) is 10.9. The lowest BCUT2D eigenvalue weighted by Gasteiger charge is -2.11. The minimum Gasteiger partial charge on any atom is -0.324 e. The normalized spacial score (nSPS) is 12.5. The summed E-state index contributed by atoms with van der Waals surface area (Å²) in [5, 5.41) is 0. The van der Waals surface area contributed by atoms with Crippen LogP contribution in [0.25, 0.3) is 0 Å². The molecule has 0 fully saturated rings. The molecule has 0 heterocycles. The Hall–Kier alpha value is -1.15. The Morgan fingerprint density at radius 2 is 2.21 bits per heavy atom. The predicted octanol–water partition coefficient (Wildman–Crippen LogP) is 3.10. The van der Waals surface area contributed by atoms with Crippen LogP contribution >= 0.6 is 0 Å². The van der Waals surface area contributed by atoms with E-state index in [9.17, 15) is 4.39 Å². The minimum atomic E-state index is -0.214. The lowest BCUT2D eigenvalue weighted by molar-refractivity contribution is 0.610. The zero-order valence-corrected chi connectivity index (χ0v) is 8.46. The zero-order chi connectivity index (χ0) is 10.6. The lowest BCUT2D eigenvalue weighted by Crippen LogP contribution is -2.10. The Kier molecular flexibility index (Phi) is 3.84. The summed E-state index contributed by atoms with van der Waals surface area (Å²) >= 11 is 0. The summed E-state index contributed by atoms with van der Waals surface area (Å²) in [5.74, 6) is -0.214. The molecule has 0 saturated heterocycles. The van der Waals surface area contributed by atoms with Crippen molar-refractivity contribution in [2.24, 2.45) is 5.73 Å². The van der Waals surface area contributed by atoms with Gasteiger partial charge in [-0.1, -0.05) is 12.1 Å². The van der Waals surface area contributed by atoms with Crippen LogP contribution in [0.5, 0.6) is 0 Å². The number of allylic oxidation sites excluding steroid dienone is 1. The topological polar surface area (TPSA) is 26.0 Å². The van der Waals surface area contributed by atoms with Gasteiger partial charge in [0.25, 0.3) is 0 Å². The average molecular weight is 193 g/mol. The van der Waals surface area contributed by atoms with Gasteiger partial charge >= 0.3 is 0 Å². The van der Waals surface area contributed by atoms with Crippen LogP contribution in [0.1, 0.15) is 30.0 Å². The van der Waals surface area contributed by atoms with Gasteiger partial charge in [0, 0.05) is 6.04 Å². The van der Waals surface area contributed by atoms with Gasteiger partial charge in [-0.3, -0.25) is 0 Å². The van der Waals surface area contributed by atoms with E-state index in [1.54, 1.807) is 0 Å².